The van der Waals surface area contributed by atoms with E-state index in [1.165, 1.54) is 17.4 Å². The van der Waals surface area contributed by atoms with Gasteiger partial charge in [0.25, 0.3) is 0 Å². The van der Waals surface area contributed by atoms with Crippen molar-refractivity contribution in [2.75, 3.05) is 48.7 Å². The number of para-hydroxylation sites is 1. The number of carbonyl (C=O) groups is 1. The van der Waals surface area contributed by atoms with Crippen LogP contribution in [0.2, 0.25) is 0 Å². The third kappa shape index (κ3) is 4.98. The Morgan fingerprint density at radius 3 is 2.43 bits per heavy atom. The average Bonchev–Trinajstić information content (AvgIpc) is 3.28. The molecular formula is C21H25N7OS. The Labute approximate surface area is 180 Å². The number of thioether (sulfide) groups is 1. The highest BCUT2D eigenvalue weighted by molar-refractivity contribution is 7.99. The Hall–Kier alpha value is -2.91. The minimum absolute atomic E-state index is 0.0908. The maximum absolute atomic E-state index is 12.4. The fourth-order valence-electron chi connectivity index (χ4n) is 3.41. The predicted molar refractivity (Wildman–Crippen MR) is 119 cm³/mol. The summed E-state index contributed by atoms with van der Waals surface area (Å²) in [4.78, 5) is 17.2. The van der Waals surface area contributed by atoms with Crippen molar-refractivity contribution in [3.05, 3.63) is 54.6 Å². The SMILES string of the molecule is CCN1CCN(c2ccc(NC(=O)CSc3nnnn3-c3ccccc3)cc2)CC1. The van der Waals surface area contributed by atoms with Gasteiger partial charge in [0.05, 0.1) is 11.4 Å². The molecule has 0 spiro atoms. The van der Waals surface area contributed by atoms with Gasteiger partial charge >= 0.3 is 0 Å². The molecule has 1 aliphatic heterocycles. The number of benzene rings is 2. The summed E-state index contributed by atoms with van der Waals surface area (Å²) in [5.74, 6) is 0.139. The lowest BCUT2D eigenvalue weighted by atomic mass is 10.2. The molecule has 0 bridgehead atoms. The van der Waals surface area contributed by atoms with E-state index in [1.54, 1.807) is 4.68 Å². The first-order chi connectivity index (χ1) is 14.7. The van der Waals surface area contributed by atoms with Gasteiger partial charge in [0.2, 0.25) is 11.1 Å². The minimum Gasteiger partial charge on any atom is -0.369 e. The van der Waals surface area contributed by atoms with Gasteiger partial charge < -0.3 is 15.1 Å². The van der Waals surface area contributed by atoms with E-state index >= 15 is 0 Å². The molecule has 0 saturated carbocycles. The van der Waals surface area contributed by atoms with E-state index in [9.17, 15) is 4.79 Å². The van der Waals surface area contributed by atoms with Crippen molar-refractivity contribution in [1.29, 1.82) is 0 Å². The van der Waals surface area contributed by atoms with Crippen molar-refractivity contribution < 1.29 is 4.79 Å². The predicted octanol–water partition coefficient (Wildman–Crippen LogP) is 2.54. The summed E-state index contributed by atoms with van der Waals surface area (Å²) in [6, 6.07) is 17.7. The lowest BCUT2D eigenvalue weighted by Gasteiger charge is -2.35. The van der Waals surface area contributed by atoms with E-state index in [0.717, 1.165) is 44.1 Å². The lowest BCUT2D eigenvalue weighted by Crippen LogP contribution is -2.46. The molecular weight excluding hydrogens is 398 g/mol. The van der Waals surface area contributed by atoms with Gasteiger partial charge in [0, 0.05) is 37.6 Å². The molecule has 2 heterocycles. The van der Waals surface area contributed by atoms with E-state index < -0.39 is 0 Å². The van der Waals surface area contributed by atoms with Gasteiger partial charge in [-0.1, -0.05) is 36.9 Å². The largest absolute Gasteiger partial charge is 0.369 e. The van der Waals surface area contributed by atoms with Gasteiger partial charge in [-0.3, -0.25) is 4.79 Å². The number of nitrogens with zero attached hydrogens (tertiary/aromatic N) is 6. The number of nitrogens with one attached hydrogen (secondary N) is 1. The van der Waals surface area contributed by atoms with Crippen LogP contribution < -0.4 is 10.2 Å². The second-order valence-electron chi connectivity index (χ2n) is 7.01. The van der Waals surface area contributed by atoms with Crippen molar-refractivity contribution in [1.82, 2.24) is 25.1 Å². The van der Waals surface area contributed by atoms with E-state index in [2.05, 4.69) is 49.7 Å². The molecule has 156 valence electrons. The molecule has 1 saturated heterocycles. The van der Waals surface area contributed by atoms with Crippen LogP contribution in [0.4, 0.5) is 11.4 Å². The molecule has 0 radical (unpaired) electrons. The molecule has 8 nitrogen and oxygen atoms in total. The quantitative estimate of drug-likeness (QED) is 0.585. The van der Waals surface area contributed by atoms with Gasteiger partial charge in [0.15, 0.2) is 0 Å². The number of likely N-dealkylation sites (N-methyl/N-ethyl adjacent to an activating group) is 1. The first-order valence-electron chi connectivity index (χ1n) is 10.1. The molecule has 0 aliphatic carbocycles. The molecule has 2 aromatic carbocycles. The molecule has 1 aliphatic rings. The Bertz CT molecular complexity index is 953. The standard InChI is InChI=1S/C21H25N7OS/c1-2-26-12-14-27(15-13-26)18-10-8-17(9-11-18)22-20(29)16-30-21-23-24-25-28(21)19-6-4-3-5-7-19/h3-11H,2,12-16H2,1H3,(H,22,29). The van der Waals surface area contributed by atoms with Crippen LogP contribution >= 0.6 is 11.8 Å². The second kappa shape index (κ2) is 9.73. The molecule has 30 heavy (non-hydrogen) atoms. The zero-order chi connectivity index (χ0) is 20.8. The fraction of sp³-hybridized carbons (Fsp3) is 0.333. The fourth-order valence-corrected chi connectivity index (χ4v) is 4.10. The molecule has 1 aromatic heterocycles. The highest BCUT2D eigenvalue weighted by Crippen LogP contribution is 2.21. The van der Waals surface area contributed by atoms with E-state index in [-0.39, 0.29) is 11.7 Å². The Kier molecular flexibility index (Phi) is 6.60. The van der Waals surface area contributed by atoms with Crippen LogP contribution in [0.1, 0.15) is 6.92 Å². The molecule has 1 N–H and O–H groups in total. The zero-order valence-corrected chi connectivity index (χ0v) is 17.8. The number of hydrogen-bond donors (Lipinski definition) is 1. The summed E-state index contributed by atoms with van der Waals surface area (Å²) in [6.45, 7) is 7.56. The lowest BCUT2D eigenvalue weighted by molar-refractivity contribution is -0.113. The topological polar surface area (TPSA) is 79.2 Å². The van der Waals surface area contributed by atoms with Crippen molar-refractivity contribution >= 4 is 29.0 Å². The van der Waals surface area contributed by atoms with Crippen molar-refractivity contribution in [2.24, 2.45) is 0 Å². The van der Waals surface area contributed by atoms with Crippen LogP contribution in [0.3, 0.4) is 0 Å². The van der Waals surface area contributed by atoms with E-state index in [4.69, 9.17) is 0 Å². The van der Waals surface area contributed by atoms with Crippen LogP contribution in [0.15, 0.2) is 59.8 Å². The minimum atomic E-state index is -0.0908. The van der Waals surface area contributed by atoms with Gasteiger partial charge in [0.1, 0.15) is 0 Å². The van der Waals surface area contributed by atoms with Crippen molar-refractivity contribution in [3.63, 3.8) is 0 Å². The molecule has 4 rings (SSSR count). The number of anilines is 2. The first-order valence-corrected chi connectivity index (χ1v) is 11.1. The Morgan fingerprint density at radius 1 is 1.00 bits per heavy atom. The smallest absolute Gasteiger partial charge is 0.234 e. The first kappa shape index (κ1) is 20.4. The number of carbonyl (C=O) groups excluding carboxylic acids is 1. The maximum atomic E-state index is 12.4. The van der Waals surface area contributed by atoms with Crippen molar-refractivity contribution in [2.45, 2.75) is 12.1 Å². The zero-order valence-electron chi connectivity index (χ0n) is 16.9. The van der Waals surface area contributed by atoms with Crippen molar-refractivity contribution in [3.8, 4) is 5.69 Å². The summed E-state index contributed by atoms with van der Waals surface area (Å²) in [5, 5.41) is 15.3. The summed E-state index contributed by atoms with van der Waals surface area (Å²) >= 11 is 1.31. The highest BCUT2D eigenvalue weighted by Gasteiger charge is 2.16. The van der Waals surface area contributed by atoms with Gasteiger partial charge in [-0.2, -0.15) is 4.68 Å². The number of hydrogen-bond acceptors (Lipinski definition) is 7. The molecule has 3 aromatic rings. The van der Waals surface area contributed by atoms with Crippen LogP contribution in [0, 0.1) is 0 Å². The average molecular weight is 424 g/mol. The molecule has 9 heteroatoms. The van der Waals surface area contributed by atoms with Crippen LogP contribution in [0.25, 0.3) is 5.69 Å². The molecule has 1 fully saturated rings. The van der Waals surface area contributed by atoms with Gasteiger partial charge in [-0.15, -0.1) is 5.10 Å². The number of rotatable bonds is 7. The second-order valence-corrected chi connectivity index (χ2v) is 7.96. The Balaban J connectivity index is 1.29. The molecule has 0 unspecified atom stereocenters. The van der Waals surface area contributed by atoms with E-state index in [1.807, 2.05) is 42.5 Å². The number of aromatic nitrogens is 4. The summed E-state index contributed by atoms with van der Waals surface area (Å²) in [6.07, 6.45) is 0. The third-order valence-electron chi connectivity index (χ3n) is 5.11. The monoisotopic (exact) mass is 423 g/mol. The van der Waals surface area contributed by atoms with E-state index in [0.29, 0.717) is 5.16 Å². The number of tetrazole rings is 1. The van der Waals surface area contributed by atoms with Crippen LogP contribution in [-0.2, 0) is 4.79 Å². The van der Waals surface area contributed by atoms with Gasteiger partial charge in [-0.25, -0.2) is 0 Å². The molecule has 0 atom stereocenters. The normalized spacial score (nSPS) is 14.6. The highest BCUT2D eigenvalue weighted by atomic mass is 32.2. The summed E-state index contributed by atoms with van der Waals surface area (Å²) < 4.78 is 1.63. The summed E-state index contributed by atoms with van der Waals surface area (Å²) in [5.41, 5.74) is 2.85. The van der Waals surface area contributed by atoms with Crippen LogP contribution in [0.5, 0.6) is 0 Å². The van der Waals surface area contributed by atoms with Gasteiger partial charge in [-0.05, 0) is 53.4 Å². The maximum Gasteiger partial charge on any atom is 0.234 e. The number of piperazine rings is 1. The Morgan fingerprint density at radius 2 is 1.73 bits per heavy atom. The summed E-state index contributed by atoms with van der Waals surface area (Å²) in [7, 11) is 0. The van der Waals surface area contributed by atoms with Crippen LogP contribution in [-0.4, -0.2) is 69.5 Å². The third-order valence-corrected chi connectivity index (χ3v) is 6.03. The molecule has 1 amide bonds. The number of amides is 1.